The van der Waals surface area contributed by atoms with Crippen LogP contribution in [0.4, 0.5) is 9.59 Å². The number of carbonyl (C=O) groups is 4. The Morgan fingerprint density at radius 3 is 1.28 bits per heavy atom. The molecule has 2 aromatic carbocycles. The fourth-order valence-corrected chi connectivity index (χ4v) is 6.22. The number of nitrogens with one attached hydrogen (secondary N) is 2. The minimum absolute atomic E-state index is 0. The van der Waals surface area contributed by atoms with E-state index < -0.39 is 0 Å². The molecular weight excluding hydrogens is 644 g/mol. The summed E-state index contributed by atoms with van der Waals surface area (Å²) < 4.78 is 11.3. The molecule has 0 aliphatic carbocycles. The first-order chi connectivity index (χ1) is 20.4. The summed E-state index contributed by atoms with van der Waals surface area (Å²) in [5.41, 5.74) is 3.99. The maximum atomic E-state index is 11.4. The van der Waals surface area contributed by atoms with Crippen LogP contribution in [0.5, 0.6) is 11.5 Å². The second-order valence-corrected chi connectivity index (χ2v) is 12.3. The van der Waals surface area contributed by atoms with Gasteiger partial charge in [0.25, 0.3) is 22.3 Å². The highest BCUT2D eigenvalue weighted by Crippen LogP contribution is 2.27. The van der Waals surface area contributed by atoms with Crippen LogP contribution < -0.4 is 20.1 Å². The number of amides is 4. The molecule has 2 aliphatic heterocycles. The van der Waals surface area contributed by atoms with Gasteiger partial charge < -0.3 is 9.47 Å². The molecule has 2 aromatic heterocycles. The summed E-state index contributed by atoms with van der Waals surface area (Å²) >= 11 is 5.10. The van der Waals surface area contributed by atoms with Crippen LogP contribution in [0, 0.1) is 0 Å². The SMILES string of the molecule is O=C1NC(=O)C(=Cc2ccc(OCc3ccsc3)cc2)S1.O=C1NC(=O)C(=Cc2ccc(OCc3ccsc3)cc2)S1.P. The van der Waals surface area contributed by atoms with Crippen LogP contribution in [0.25, 0.3) is 12.2 Å². The first kappa shape index (κ1) is 32.2. The van der Waals surface area contributed by atoms with Gasteiger partial charge in [0.15, 0.2) is 0 Å². The zero-order valence-electron chi connectivity index (χ0n) is 22.4. The lowest BCUT2D eigenvalue weighted by atomic mass is 10.2. The topological polar surface area (TPSA) is 111 Å². The molecule has 2 saturated heterocycles. The number of carbonyl (C=O) groups excluding carboxylic acids is 4. The maximum absolute atomic E-state index is 11.4. The fraction of sp³-hybridized carbons (Fsp3) is 0.0667. The number of benzene rings is 2. The van der Waals surface area contributed by atoms with Crippen molar-refractivity contribution in [2.75, 3.05) is 0 Å². The van der Waals surface area contributed by atoms with E-state index in [1.165, 1.54) is 0 Å². The summed E-state index contributed by atoms with van der Waals surface area (Å²) in [6, 6.07) is 18.8. The Hall–Kier alpha value is -3.67. The van der Waals surface area contributed by atoms with E-state index in [2.05, 4.69) is 10.6 Å². The molecule has 4 heterocycles. The van der Waals surface area contributed by atoms with Gasteiger partial charge >= 0.3 is 0 Å². The van der Waals surface area contributed by atoms with Gasteiger partial charge in [0, 0.05) is 0 Å². The summed E-state index contributed by atoms with van der Waals surface area (Å²) in [6.07, 6.45) is 3.38. The van der Waals surface area contributed by atoms with Gasteiger partial charge in [-0.2, -0.15) is 32.6 Å². The Morgan fingerprint density at radius 1 is 0.581 bits per heavy atom. The van der Waals surface area contributed by atoms with Gasteiger partial charge in [0.2, 0.25) is 0 Å². The average molecular weight is 669 g/mol. The lowest BCUT2D eigenvalue weighted by molar-refractivity contribution is -0.116. The highest BCUT2D eigenvalue weighted by Gasteiger charge is 2.25. The van der Waals surface area contributed by atoms with Crippen LogP contribution in [0.2, 0.25) is 0 Å². The van der Waals surface area contributed by atoms with E-state index in [-0.39, 0.29) is 32.2 Å². The highest BCUT2D eigenvalue weighted by atomic mass is 32.2. The standard InChI is InChI=1S/2C15H11NO3S2.H3P/c2*17-14-13(21-15(18)16-14)7-10-1-3-12(4-2-10)19-8-11-5-6-20-9-11;/h2*1-7,9H,8H2,(H,16,17,18);1H3. The normalized spacial score (nSPS) is 15.9. The number of hydrogen-bond acceptors (Lipinski definition) is 10. The van der Waals surface area contributed by atoms with Gasteiger partial charge in [-0.1, -0.05) is 24.3 Å². The number of rotatable bonds is 8. The third-order valence-corrected chi connectivity index (χ3v) is 8.70. The van der Waals surface area contributed by atoms with Crippen LogP contribution in [0.15, 0.2) is 92.0 Å². The van der Waals surface area contributed by atoms with E-state index >= 15 is 0 Å². The van der Waals surface area contributed by atoms with Crippen molar-refractivity contribution >= 4 is 90.5 Å². The molecule has 2 aliphatic rings. The van der Waals surface area contributed by atoms with Gasteiger partial charge in [-0.15, -0.1) is 0 Å². The first-order valence-corrected chi connectivity index (χ1v) is 15.9. The molecule has 6 rings (SSSR count). The van der Waals surface area contributed by atoms with E-state index in [4.69, 9.17) is 9.47 Å². The van der Waals surface area contributed by atoms with Gasteiger partial charge in [-0.3, -0.25) is 29.8 Å². The van der Waals surface area contributed by atoms with Gasteiger partial charge in [0.05, 0.1) is 9.81 Å². The first-order valence-electron chi connectivity index (χ1n) is 12.4. The molecule has 4 aromatic rings. The number of thioether (sulfide) groups is 2. The molecular formula is C30H25N2O6PS4. The van der Waals surface area contributed by atoms with Crippen LogP contribution in [-0.2, 0) is 22.8 Å². The zero-order chi connectivity index (χ0) is 29.3. The summed E-state index contributed by atoms with van der Waals surface area (Å²) in [5.74, 6) is 0.844. The van der Waals surface area contributed by atoms with Gasteiger partial charge in [-0.05, 0) is 116 Å². The molecule has 0 saturated carbocycles. The summed E-state index contributed by atoms with van der Waals surface area (Å²) in [4.78, 5) is 45.9. The molecule has 8 nitrogen and oxygen atoms in total. The molecule has 0 spiro atoms. The smallest absolute Gasteiger partial charge is 0.290 e. The van der Waals surface area contributed by atoms with Crippen molar-refractivity contribution in [1.29, 1.82) is 0 Å². The lowest BCUT2D eigenvalue weighted by Gasteiger charge is -2.05. The lowest BCUT2D eigenvalue weighted by Crippen LogP contribution is -2.17. The largest absolute Gasteiger partial charge is 0.489 e. The molecule has 1 atom stereocenters. The van der Waals surface area contributed by atoms with E-state index in [0.717, 1.165) is 57.3 Å². The Kier molecular flexibility index (Phi) is 11.8. The fourth-order valence-electron chi connectivity index (χ4n) is 3.55. The van der Waals surface area contributed by atoms with Crippen molar-refractivity contribution in [2.45, 2.75) is 13.2 Å². The third kappa shape index (κ3) is 9.67. The zero-order valence-corrected chi connectivity index (χ0v) is 27.1. The second kappa shape index (κ2) is 15.7. The monoisotopic (exact) mass is 668 g/mol. The Morgan fingerprint density at radius 2 is 0.977 bits per heavy atom. The van der Waals surface area contributed by atoms with Crippen LogP contribution in [-0.4, -0.2) is 22.3 Å². The summed E-state index contributed by atoms with van der Waals surface area (Å²) in [5, 5.41) is 11.9. The van der Waals surface area contributed by atoms with Crippen molar-refractivity contribution in [3.63, 3.8) is 0 Å². The Bertz CT molecular complexity index is 1510. The van der Waals surface area contributed by atoms with Crippen molar-refractivity contribution in [1.82, 2.24) is 10.6 Å². The van der Waals surface area contributed by atoms with Crippen LogP contribution >= 0.6 is 56.1 Å². The van der Waals surface area contributed by atoms with E-state index in [1.807, 2.05) is 82.2 Å². The van der Waals surface area contributed by atoms with Gasteiger partial charge in [-0.25, -0.2) is 0 Å². The van der Waals surface area contributed by atoms with E-state index in [9.17, 15) is 19.2 Å². The molecule has 220 valence electrons. The second-order valence-electron chi connectivity index (χ2n) is 8.68. The third-order valence-electron chi connectivity index (χ3n) is 5.61. The van der Waals surface area contributed by atoms with Gasteiger partial charge in [0.1, 0.15) is 24.7 Å². The number of thiophene rings is 2. The van der Waals surface area contributed by atoms with Crippen molar-refractivity contribution < 1.29 is 28.7 Å². The molecule has 43 heavy (non-hydrogen) atoms. The minimum Gasteiger partial charge on any atom is -0.489 e. The maximum Gasteiger partial charge on any atom is 0.290 e. The van der Waals surface area contributed by atoms with E-state index in [1.54, 1.807) is 34.8 Å². The predicted molar refractivity (Wildman–Crippen MR) is 180 cm³/mol. The van der Waals surface area contributed by atoms with Crippen molar-refractivity contribution in [3.05, 3.63) is 114 Å². The molecule has 2 fully saturated rings. The minimum atomic E-state index is -0.345. The molecule has 1 unspecified atom stereocenters. The highest BCUT2D eigenvalue weighted by molar-refractivity contribution is 8.18. The number of imide groups is 2. The molecule has 13 heteroatoms. The quantitative estimate of drug-likeness (QED) is 0.148. The molecule has 0 bridgehead atoms. The van der Waals surface area contributed by atoms with Crippen molar-refractivity contribution in [3.8, 4) is 11.5 Å². The summed E-state index contributed by atoms with van der Waals surface area (Å²) in [6.45, 7) is 1.08. The van der Waals surface area contributed by atoms with Crippen LogP contribution in [0.3, 0.4) is 0 Å². The predicted octanol–water partition coefficient (Wildman–Crippen LogP) is 7.36. The number of ether oxygens (including phenoxy) is 2. The molecule has 0 radical (unpaired) electrons. The molecule has 2 N–H and O–H groups in total. The Balaban J connectivity index is 0.000000192. The van der Waals surface area contributed by atoms with Crippen molar-refractivity contribution in [2.24, 2.45) is 0 Å². The average Bonchev–Trinajstić information content (AvgIpc) is 3.79. The number of hydrogen-bond donors (Lipinski definition) is 2. The van der Waals surface area contributed by atoms with E-state index in [0.29, 0.717) is 23.0 Å². The van der Waals surface area contributed by atoms with Crippen LogP contribution in [0.1, 0.15) is 22.3 Å². The Labute approximate surface area is 267 Å². The molecule has 4 amide bonds. The summed E-state index contributed by atoms with van der Waals surface area (Å²) in [7, 11) is 0.